The lowest BCUT2D eigenvalue weighted by atomic mass is 10.1. The van der Waals surface area contributed by atoms with Gasteiger partial charge in [-0.1, -0.05) is 12.1 Å². The lowest BCUT2D eigenvalue weighted by molar-refractivity contribution is 0.0291. The minimum absolute atomic E-state index is 0.116. The van der Waals surface area contributed by atoms with E-state index < -0.39 is 27.8 Å². The Hall–Kier alpha value is -2.65. The van der Waals surface area contributed by atoms with E-state index in [0.717, 1.165) is 5.69 Å². The van der Waals surface area contributed by atoms with E-state index in [0.29, 0.717) is 35.8 Å². The molecule has 8 nitrogen and oxygen atoms in total. The van der Waals surface area contributed by atoms with E-state index in [1.54, 1.807) is 56.0 Å². The van der Waals surface area contributed by atoms with E-state index in [1.165, 1.54) is 4.90 Å². The second-order valence-electron chi connectivity index (χ2n) is 8.89. The number of benzene rings is 2. The number of rotatable bonds is 4. The fraction of sp³-hybridized carbons (Fsp3) is 0.455. The first-order chi connectivity index (χ1) is 14.5. The first kappa shape index (κ1) is 21.6. The topological polar surface area (TPSA) is 96.0 Å². The highest BCUT2D eigenvalue weighted by molar-refractivity contribution is 7.89. The number of carbonyl (C=O) groups is 2. The van der Waals surface area contributed by atoms with Crippen molar-refractivity contribution >= 4 is 38.5 Å². The van der Waals surface area contributed by atoms with Crippen LogP contribution >= 0.6 is 0 Å². The van der Waals surface area contributed by atoms with Crippen LogP contribution < -0.4 is 9.62 Å². The summed E-state index contributed by atoms with van der Waals surface area (Å²) < 4.78 is 34.6. The number of ether oxygens (including phenoxy) is 1. The van der Waals surface area contributed by atoms with Crippen LogP contribution in [0.25, 0.3) is 10.8 Å². The molecular weight excluding hydrogens is 418 g/mol. The van der Waals surface area contributed by atoms with Crippen molar-refractivity contribution in [2.45, 2.75) is 50.7 Å². The van der Waals surface area contributed by atoms with Gasteiger partial charge in [0.1, 0.15) is 5.60 Å². The minimum atomic E-state index is -3.86. The molecule has 0 aliphatic carbocycles. The van der Waals surface area contributed by atoms with Crippen LogP contribution in [-0.2, 0) is 14.8 Å². The number of likely N-dealkylation sites (tertiary alicyclic amines) is 1. The summed E-state index contributed by atoms with van der Waals surface area (Å²) in [5.74, 6) is -0.116. The summed E-state index contributed by atoms with van der Waals surface area (Å²) in [6, 6.07) is 7.99. The third kappa shape index (κ3) is 3.87. The molecule has 1 saturated heterocycles. The molecule has 0 radical (unpaired) electrons. The molecule has 0 bridgehead atoms. The van der Waals surface area contributed by atoms with Crippen molar-refractivity contribution in [2.75, 3.05) is 24.5 Å². The highest BCUT2D eigenvalue weighted by atomic mass is 32.2. The van der Waals surface area contributed by atoms with Crippen LogP contribution in [0.2, 0.25) is 0 Å². The molecule has 0 spiro atoms. The highest BCUT2D eigenvalue weighted by Crippen LogP contribution is 2.40. The van der Waals surface area contributed by atoms with E-state index >= 15 is 0 Å². The van der Waals surface area contributed by atoms with Gasteiger partial charge in [-0.2, -0.15) is 0 Å². The van der Waals surface area contributed by atoms with Crippen LogP contribution in [0.1, 0.15) is 44.5 Å². The summed E-state index contributed by atoms with van der Waals surface area (Å²) in [6.45, 7) is 8.45. The third-order valence-corrected chi connectivity index (χ3v) is 7.09. The molecule has 166 valence electrons. The zero-order chi connectivity index (χ0) is 22.6. The summed E-state index contributed by atoms with van der Waals surface area (Å²) in [5.41, 5.74) is 0.640. The number of hydrogen-bond acceptors (Lipinski definition) is 5. The fourth-order valence-electron chi connectivity index (χ4n) is 4.20. The predicted molar refractivity (Wildman–Crippen MR) is 118 cm³/mol. The summed E-state index contributed by atoms with van der Waals surface area (Å²) >= 11 is 0. The van der Waals surface area contributed by atoms with Crippen molar-refractivity contribution in [3.8, 4) is 0 Å². The number of sulfonamides is 1. The zero-order valence-corrected chi connectivity index (χ0v) is 19.0. The second kappa shape index (κ2) is 7.49. The molecule has 1 atom stereocenters. The van der Waals surface area contributed by atoms with Crippen molar-refractivity contribution in [1.82, 2.24) is 9.62 Å². The monoisotopic (exact) mass is 445 g/mol. The lowest BCUT2D eigenvalue weighted by Gasteiger charge is -2.24. The highest BCUT2D eigenvalue weighted by Gasteiger charge is 2.35. The molecule has 31 heavy (non-hydrogen) atoms. The molecule has 4 rings (SSSR count). The number of anilines is 1. The SMILES string of the molecule is CCN1C(=O)c2cccc3c(S(=O)(=O)NC4CCN(C(=O)OC(C)(C)C)C4)ccc1c23. The Labute approximate surface area is 182 Å². The minimum Gasteiger partial charge on any atom is -0.444 e. The van der Waals surface area contributed by atoms with Gasteiger partial charge in [0.25, 0.3) is 5.91 Å². The van der Waals surface area contributed by atoms with Gasteiger partial charge < -0.3 is 14.5 Å². The fourth-order valence-corrected chi connectivity index (χ4v) is 5.66. The average molecular weight is 446 g/mol. The van der Waals surface area contributed by atoms with Crippen molar-refractivity contribution in [3.63, 3.8) is 0 Å². The Morgan fingerprint density at radius 2 is 1.97 bits per heavy atom. The van der Waals surface area contributed by atoms with Gasteiger partial charge >= 0.3 is 6.09 Å². The number of nitrogens with zero attached hydrogens (tertiary/aromatic N) is 2. The predicted octanol–water partition coefficient (Wildman–Crippen LogP) is 3.11. The van der Waals surface area contributed by atoms with Crippen LogP contribution in [-0.4, -0.2) is 56.6 Å². The molecule has 1 N–H and O–H groups in total. The van der Waals surface area contributed by atoms with Crippen molar-refractivity contribution < 1.29 is 22.7 Å². The van der Waals surface area contributed by atoms with E-state index in [1.807, 2.05) is 6.92 Å². The van der Waals surface area contributed by atoms with Crippen LogP contribution in [0.5, 0.6) is 0 Å². The van der Waals surface area contributed by atoms with Gasteiger partial charge in [0, 0.05) is 42.0 Å². The van der Waals surface area contributed by atoms with E-state index in [2.05, 4.69) is 4.72 Å². The summed E-state index contributed by atoms with van der Waals surface area (Å²) in [6.07, 6.45) is 0.0553. The van der Waals surface area contributed by atoms with Crippen LogP contribution in [0.3, 0.4) is 0 Å². The molecule has 9 heteroatoms. The molecule has 0 saturated carbocycles. The standard InChI is InChI=1S/C22H27N3O5S/c1-5-25-17-9-10-18(15-7-6-8-16(19(15)17)20(25)26)31(28,29)23-14-11-12-24(13-14)21(27)30-22(2,3)4/h6-10,14,23H,5,11-13H2,1-4H3. The van der Waals surface area contributed by atoms with E-state index in [-0.39, 0.29) is 17.3 Å². The average Bonchev–Trinajstić information content (AvgIpc) is 3.24. The van der Waals surface area contributed by atoms with E-state index in [4.69, 9.17) is 4.74 Å². The molecule has 2 aromatic carbocycles. The lowest BCUT2D eigenvalue weighted by Crippen LogP contribution is -2.40. The normalized spacial score (nSPS) is 18.8. The molecule has 1 fully saturated rings. The maximum Gasteiger partial charge on any atom is 0.410 e. The first-order valence-corrected chi connectivity index (χ1v) is 11.9. The van der Waals surface area contributed by atoms with Gasteiger partial charge in [-0.15, -0.1) is 0 Å². The van der Waals surface area contributed by atoms with E-state index in [9.17, 15) is 18.0 Å². The summed E-state index contributed by atoms with van der Waals surface area (Å²) in [5, 5.41) is 1.19. The first-order valence-electron chi connectivity index (χ1n) is 10.4. The Balaban J connectivity index is 1.59. The van der Waals surface area contributed by atoms with Crippen molar-refractivity contribution in [2.24, 2.45) is 0 Å². The van der Waals surface area contributed by atoms with Crippen LogP contribution in [0.4, 0.5) is 10.5 Å². The quantitative estimate of drug-likeness (QED) is 0.780. The molecule has 1 unspecified atom stereocenters. The van der Waals surface area contributed by atoms with Crippen molar-refractivity contribution in [3.05, 3.63) is 35.9 Å². The molecule has 2 aliphatic heterocycles. The molecule has 2 aromatic rings. The molecule has 2 amide bonds. The maximum atomic E-state index is 13.2. The Kier molecular flexibility index (Phi) is 5.21. The molecule has 2 aliphatic rings. The second-order valence-corrected chi connectivity index (χ2v) is 10.6. The maximum absolute atomic E-state index is 13.2. The summed E-state index contributed by atoms with van der Waals surface area (Å²) in [4.78, 5) is 28.2. The smallest absolute Gasteiger partial charge is 0.410 e. The number of nitrogens with one attached hydrogen (secondary N) is 1. The number of amides is 2. The van der Waals surface area contributed by atoms with Gasteiger partial charge in [0.05, 0.1) is 10.6 Å². The Bertz CT molecular complexity index is 1170. The van der Waals surface area contributed by atoms with Crippen LogP contribution in [0.15, 0.2) is 35.2 Å². The Morgan fingerprint density at radius 3 is 2.65 bits per heavy atom. The Morgan fingerprint density at radius 1 is 1.23 bits per heavy atom. The summed E-state index contributed by atoms with van der Waals surface area (Å²) in [7, 11) is -3.86. The van der Waals surface area contributed by atoms with Crippen molar-refractivity contribution in [1.29, 1.82) is 0 Å². The molecular formula is C22H27N3O5S. The molecule has 2 heterocycles. The van der Waals surface area contributed by atoms with Gasteiger partial charge in [0.2, 0.25) is 10.0 Å². The van der Waals surface area contributed by atoms with Gasteiger partial charge in [0.15, 0.2) is 0 Å². The number of hydrogen-bond donors (Lipinski definition) is 1. The van der Waals surface area contributed by atoms with Crippen LogP contribution in [0, 0.1) is 0 Å². The number of carbonyl (C=O) groups excluding carboxylic acids is 2. The van der Waals surface area contributed by atoms with Gasteiger partial charge in [-0.25, -0.2) is 17.9 Å². The third-order valence-electron chi connectivity index (χ3n) is 5.51. The largest absolute Gasteiger partial charge is 0.444 e. The van der Waals surface area contributed by atoms with Gasteiger partial charge in [-0.3, -0.25) is 4.79 Å². The molecule has 0 aromatic heterocycles. The van der Waals surface area contributed by atoms with Gasteiger partial charge in [-0.05, 0) is 52.3 Å². The zero-order valence-electron chi connectivity index (χ0n) is 18.1.